The van der Waals surface area contributed by atoms with Crippen molar-refractivity contribution >= 4 is 23.1 Å². The van der Waals surface area contributed by atoms with E-state index in [1.165, 1.54) is 64.2 Å². The van der Waals surface area contributed by atoms with E-state index in [-0.39, 0.29) is 0 Å². The first-order valence-corrected chi connectivity index (χ1v) is 14.2. The van der Waals surface area contributed by atoms with Crippen LogP contribution in [0.5, 0.6) is 11.5 Å². The van der Waals surface area contributed by atoms with E-state index < -0.39 is 0 Å². The minimum Gasteiger partial charge on any atom is -0.493 e. The molecule has 0 fully saturated rings. The SMILES string of the molecule is CCCCCCCCOc1ccc(C=Cc2ccc3ccccc3n2)c(OCCCCCCCC)c1. The first-order valence-electron chi connectivity index (χ1n) is 14.2. The number of benzene rings is 2. The molecule has 3 rings (SSSR count). The molecule has 0 bridgehead atoms. The van der Waals surface area contributed by atoms with Crippen LogP contribution in [0.15, 0.2) is 54.6 Å². The van der Waals surface area contributed by atoms with Gasteiger partial charge in [-0.05, 0) is 49.3 Å². The van der Waals surface area contributed by atoms with Crippen LogP contribution >= 0.6 is 0 Å². The molecule has 0 aliphatic heterocycles. The van der Waals surface area contributed by atoms with Crippen molar-refractivity contribution in [1.82, 2.24) is 4.98 Å². The molecule has 0 unspecified atom stereocenters. The molecule has 0 radical (unpaired) electrons. The fraction of sp³-hybridized carbons (Fsp3) is 0.485. The zero-order valence-corrected chi connectivity index (χ0v) is 22.5. The van der Waals surface area contributed by atoms with Crippen LogP contribution in [0.25, 0.3) is 23.1 Å². The van der Waals surface area contributed by atoms with Gasteiger partial charge in [-0.2, -0.15) is 0 Å². The topological polar surface area (TPSA) is 31.4 Å². The predicted molar refractivity (Wildman–Crippen MR) is 155 cm³/mol. The molecule has 3 heteroatoms. The van der Waals surface area contributed by atoms with Gasteiger partial charge in [0, 0.05) is 17.0 Å². The second-order valence-electron chi connectivity index (χ2n) is 9.69. The molecule has 1 heterocycles. The van der Waals surface area contributed by atoms with Crippen LogP contribution in [-0.2, 0) is 0 Å². The molecule has 0 N–H and O–H groups in total. The zero-order valence-electron chi connectivity index (χ0n) is 22.5. The molecule has 3 nitrogen and oxygen atoms in total. The van der Waals surface area contributed by atoms with Crippen LogP contribution < -0.4 is 9.47 Å². The van der Waals surface area contributed by atoms with Crippen molar-refractivity contribution in [2.24, 2.45) is 0 Å². The lowest BCUT2D eigenvalue weighted by Gasteiger charge is -2.13. The van der Waals surface area contributed by atoms with Crippen molar-refractivity contribution in [1.29, 1.82) is 0 Å². The third-order valence-electron chi connectivity index (χ3n) is 6.56. The number of rotatable bonds is 18. The van der Waals surface area contributed by atoms with Gasteiger partial charge < -0.3 is 9.47 Å². The maximum atomic E-state index is 6.26. The molecule has 1 aromatic heterocycles. The fourth-order valence-electron chi connectivity index (χ4n) is 4.35. The van der Waals surface area contributed by atoms with Gasteiger partial charge >= 0.3 is 0 Å². The number of nitrogens with zero attached hydrogens (tertiary/aromatic N) is 1. The lowest BCUT2D eigenvalue weighted by Crippen LogP contribution is -2.01. The van der Waals surface area contributed by atoms with Gasteiger partial charge in [0.25, 0.3) is 0 Å². The number of hydrogen-bond donors (Lipinski definition) is 0. The Kier molecular flexibility index (Phi) is 13.0. The molecule has 3 aromatic rings. The van der Waals surface area contributed by atoms with Crippen molar-refractivity contribution in [2.75, 3.05) is 13.2 Å². The van der Waals surface area contributed by atoms with Crippen LogP contribution in [0, 0.1) is 0 Å². The molecule has 0 atom stereocenters. The Morgan fingerprint density at radius 3 is 2.06 bits per heavy atom. The van der Waals surface area contributed by atoms with E-state index in [2.05, 4.69) is 68.5 Å². The number of fused-ring (bicyclic) bond motifs is 1. The van der Waals surface area contributed by atoms with Gasteiger partial charge in [-0.3, -0.25) is 0 Å². The van der Waals surface area contributed by atoms with Gasteiger partial charge in [0.2, 0.25) is 0 Å². The van der Waals surface area contributed by atoms with Crippen molar-refractivity contribution in [3.63, 3.8) is 0 Å². The third-order valence-corrected chi connectivity index (χ3v) is 6.56. The van der Waals surface area contributed by atoms with Crippen LogP contribution in [0.3, 0.4) is 0 Å². The number of para-hydroxylation sites is 1. The molecule has 0 saturated heterocycles. The molecule has 2 aromatic carbocycles. The summed E-state index contributed by atoms with van der Waals surface area (Å²) in [4.78, 5) is 4.77. The van der Waals surface area contributed by atoms with Crippen molar-refractivity contribution in [2.45, 2.75) is 90.9 Å². The number of pyridine rings is 1. The molecule has 0 aliphatic rings. The summed E-state index contributed by atoms with van der Waals surface area (Å²) in [7, 11) is 0. The summed E-state index contributed by atoms with van der Waals surface area (Å²) in [5, 5.41) is 1.16. The van der Waals surface area contributed by atoms with Crippen LogP contribution in [-0.4, -0.2) is 18.2 Å². The van der Waals surface area contributed by atoms with Crippen molar-refractivity contribution in [3.8, 4) is 11.5 Å². The molecule has 194 valence electrons. The standard InChI is InChI=1S/C33H45NO2/c1-3-5-7-9-11-15-25-35-31-24-21-29(33(27-31)36-26-16-12-10-8-6-4-2)20-23-30-22-19-28-17-13-14-18-32(28)34-30/h13-14,17-24,27H,3-12,15-16,25-26H2,1-2H3. The first kappa shape index (κ1) is 27.8. The number of unbranched alkanes of at least 4 members (excludes halogenated alkanes) is 10. The summed E-state index contributed by atoms with van der Waals surface area (Å²) in [6.45, 7) is 6.01. The molecule has 0 amide bonds. The van der Waals surface area contributed by atoms with Crippen molar-refractivity contribution in [3.05, 3.63) is 65.9 Å². The minimum atomic E-state index is 0.738. The predicted octanol–water partition coefficient (Wildman–Crippen LogP) is 9.88. The van der Waals surface area contributed by atoms with E-state index in [0.717, 1.165) is 59.7 Å². The molecule has 0 spiro atoms. The smallest absolute Gasteiger partial charge is 0.130 e. The number of ether oxygens (including phenoxy) is 2. The molecular weight excluding hydrogens is 442 g/mol. The van der Waals surface area contributed by atoms with Gasteiger partial charge in [-0.15, -0.1) is 0 Å². The Bertz CT molecular complexity index is 1040. The molecule has 0 aliphatic carbocycles. The Hall–Kier alpha value is -2.81. The Balaban J connectivity index is 1.61. The molecule has 36 heavy (non-hydrogen) atoms. The zero-order chi connectivity index (χ0) is 25.3. The van der Waals surface area contributed by atoms with E-state index in [9.17, 15) is 0 Å². The van der Waals surface area contributed by atoms with E-state index >= 15 is 0 Å². The summed E-state index contributed by atoms with van der Waals surface area (Å²) in [5.74, 6) is 1.78. The quantitative estimate of drug-likeness (QED) is 0.167. The maximum absolute atomic E-state index is 6.26. The largest absolute Gasteiger partial charge is 0.493 e. The van der Waals surface area contributed by atoms with Crippen molar-refractivity contribution < 1.29 is 9.47 Å². The van der Waals surface area contributed by atoms with E-state index in [1.807, 2.05) is 12.1 Å². The monoisotopic (exact) mass is 487 g/mol. The van der Waals surface area contributed by atoms with Gasteiger partial charge in [0.15, 0.2) is 0 Å². The van der Waals surface area contributed by atoms with Gasteiger partial charge in [0.1, 0.15) is 11.5 Å². The fourth-order valence-corrected chi connectivity index (χ4v) is 4.35. The van der Waals surface area contributed by atoms with E-state index in [4.69, 9.17) is 14.5 Å². The third kappa shape index (κ3) is 10.0. The van der Waals surface area contributed by atoms with Gasteiger partial charge in [-0.25, -0.2) is 4.98 Å². The second kappa shape index (κ2) is 16.8. The normalized spacial score (nSPS) is 11.4. The Morgan fingerprint density at radius 1 is 0.639 bits per heavy atom. The van der Waals surface area contributed by atoms with Crippen LogP contribution in [0.2, 0.25) is 0 Å². The molecular formula is C33H45NO2. The maximum Gasteiger partial charge on any atom is 0.130 e. The summed E-state index contributed by atoms with van der Waals surface area (Å²) in [5.41, 5.74) is 3.01. The highest BCUT2D eigenvalue weighted by molar-refractivity contribution is 5.81. The van der Waals surface area contributed by atoms with E-state index in [0.29, 0.717) is 0 Å². The van der Waals surface area contributed by atoms with Gasteiger partial charge in [0.05, 0.1) is 24.4 Å². The minimum absolute atomic E-state index is 0.738. The number of hydrogen-bond acceptors (Lipinski definition) is 3. The van der Waals surface area contributed by atoms with Gasteiger partial charge in [-0.1, -0.05) is 102 Å². The summed E-state index contributed by atoms with van der Waals surface area (Å²) >= 11 is 0. The Morgan fingerprint density at radius 2 is 1.31 bits per heavy atom. The Labute approximate surface area is 218 Å². The second-order valence-corrected chi connectivity index (χ2v) is 9.69. The van der Waals surface area contributed by atoms with Crippen LogP contribution in [0.4, 0.5) is 0 Å². The highest BCUT2D eigenvalue weighted by Gasteiger charge is 2.06. The summed E-state index contributed by atoms with van der Waals surface area (Å²) < 4.78 is 12.3. The highest BCUT2D eigenvalue weighted by Crippen LogP contribution is 2.28. The summed E-state index contributed by atoms with van der Waals surface area (Å²) in [6.07, 6.45) is 19.3. The van der Waals surface area contributed by atoms with E-state index in [1.54, 1.807) is 0 Å². The lowest BCUT2D eigenvalue weighted by molar-refractivity contribution is 0.289. The highest BCUT2D eigenvalue weighted by atomic mass is 16.5. The number of aromatic nitrogens is 1. The lowest BCUT2D eigenvalue weighted by atomic mass is 10.1. The van der Waals surface area contributed by atoms with Crippen LogP contribution in [0.1, 0.15) is 102 Å². The first-order chi connectivity index (χ1) is 17.8. The average molecular weight is 488 g/mol. The molecule has 0 saturated carbocycles. The summed E-state index contributed by atoms with van der Waals surface area (Å²) in [6, 6.07) is 18.6. The average Bonchev–Trinajstić information content (AvgIpc) is 2.91.